The number of benzene rings is 2. The van der Waals surface area contributed by atoms with Crippen LogP contribution in [0.3, 0.4) is 0 Å². The van der Waals surface area contributed by atoms with E-state index in [0.717, 1.165) is 0 Å². The summed E-state index contributed by atoms with van der Waals surface area (Å²) in [4.78, 5) is 32.0. The normalized spacial score (nSPS) is 13.2. The van der Waals surface area contributed by atoms with E-state index in [1.54, 1.807) is 42.9 Å². The molecule has 1 aliphatic rings. The van der Waals surface area contributed by atoms with Crippen molar-refractivity contribution >= 4 is 35.1 Å². The van der Waals surface area contributed by atoms with E-state index in [0.29, 0.717) is 44.0 Å². The quantitative estimate of drug-likeness (QED) is 0.514. The van der Waals surface area contributed by atoms with Gasteiger partial charge in [-0.3, -0.25) is 4.90 Å². The van der Waals surface area contributed by atoms with E-state index >= 15 is 0 Å². The predicted molar refractivity (Wildman–Crippen MR) is 123 cm³/mol. The molecular formula is C23H23ClFN5O3. The van der Waals surface area contributed by atoms with Gasteiger partial charge in [-0.15, -0.1) is 0 Å². The molecular weight excluding hydrogens is 449 g/mol. The number of hydrogen-bond donors (Lipinski definition) is 1. The number of halogens is 2. The molecule has 2 heterocycles. The molecule has 1 saturated heterocycles. The van der Waals surface area contributed by atoms with Crippen LogP contribution in [0, 0.1) is 5.82 Å². The van der Waals surface area contributed by atoms with Crippen LogP contribution in [-0.4, -0.2) is 46.3 Å². The summed E-state index contributed by atoms with van der Waals surface area (Å²) < 4.78 is 21.3. The minimum atomic E-state index is -0.468. The standard InChI is InChI=1S/C23H23ClFN5O3/c24-20-6-2-7-21(25)19(20)15-29(10-3-9-28-11-8-26-16-28)22(31)27-17-4-1-5-18(14-17)30-12-13-33-23(30)32/h1-2,4-8,11,14,16H,3,9-10,12-13,15H2,(H,27,31). The van der Waals surface area contributed by atoms with Crippen molar-refractivity contribution in [2.24, 2.45) is 0 Å². The van der Waals surface area contributed by atoms with E-state index in [9.17, 15) is 14.0 Å². The summed E-state index contributed by atoms with van der Waals surface area (Å²) in [5, 5.41) is 3.11. The zero-order valence-corrected chi connectivity index (χ0v) is 18.5. The molecule has 1 N–H and O–H groups in total. The predicted octanol–water partition coefficient (Wildman–Crippen LogP) is 4.76. The molecule has 0 unspecified atom stereocenters. The average Bonchev–Trinajstić information content (AvgIpc) is 3.47. The van der Waals surface area contributed by atoms with Crippen LogP contribution in [0.5, 0.6) is 0 Å². The molecule has 4 rings (SSSR count). The minimum Gasteiger partial charge on any atom is -0.447 e. The van der Waals surface area contributed by atoms with E-state index in [-0.39, 0.29) is 17.1 Å². The van der Waals surface area contributed by atoms with Crippen LogP contribution in [0.25, 0.3) is 0 Å². The lowest BCUT2D eigenvalue weighted by Crippen LogP contribution is -2.36. The third kappa shape index (κ3) is 5.61. The highest BCUT2D eigenvalue weighted by Crippen LogP contribution is 2.24. The van der Waals surface area contributed by atoms with E-state index in [2.05, 4.69) is 10.3 Å². The van der Waals surface area contributed by atoms with Crippen LogP contribution in [-0.2, 0) is 17.8 Å². The Morgan fingerprint density at radius 3 is 2.85 bits per heavy atom. The van der Waals surface area contributed by atoms with Gasteiger partial charge in [0.05, 0.1) is 19.4 Å². The molecule has 3 amide bonds. The first-order valence-corrected chi connectivity index (χ1v) is 10.9. The second-order valence-corrected chi connectivity index (χ2v) is 7.93. The number of imidazole rings is 1. The number of amides is 3. The summed E-state index contributed by atoms with van der Waals surface area (Å²) in [6, 6.07) is 11.0. The number of rotatable bonds is 8. The maximum absolute atomic E-state index is 14.4. The SMILES string of the molecule is O=C(Nc1cccc(N2CCOC2=O)c1)N(CCCn1ccnc1)Cc1c(F)cccc1Cl. The number of carbonyl (C=O) groups excluding carboxylic acids is 2. The van der Waals surface area contributed by atoms with Crippen molar-refractivity contribution < 1.29 is 18.7 Å². The van der Waals surface area contributed by atoms with Crippen molar-refractivity contribution in [2.45, 2.75) is 19.5 Å². The molecule has 0 atom stereocenters. The number of aryl methyl sites for hydroxylation is 1. The van der Waals surface area contributed by atoms with Crippen molar-refractivity contribution in [3.63, 3.8) is 0 Å². The first-order valence-electron chi connectivity index (χ1n) is 10.5. The molecule has 1 aromatic heterocycles. The second-order valence-electron chi connectivity index (χ2n) is 7.52. The molecule has 8 nitrogen and oxygen atoms in total. The van der Waals surface area contributed by atoms with Gasteiger partial charge in [-0.25, -0.2) is 19.0 Å². The summed E-state index contributed by atoms with van der Waals surface area (Å²) in [5.74, 6) is -0.468. The van der Waals surface area contributed by atoms with Gasteiger partial charge in [0.2, 0.25) is 0 Å². The lowest BCUT2D eigenvalue weighted by atomic mass is 10.2. The third-order valence-electron chi connectivity index (χ3n) is 5.27. The minimum absolute atomic E-state index is 0.0133. The highest BCUT2D eigenvalue weighted by Gasteiger charge is 2.24. The zero-order chi connectivity index (χ0) is 23.2. The van der Waals surface area contributed by atoms with Crippen LogP contribution in [0.1, 0.15) is 12.0 Å². The fraction of sp³-hybridized carbons (Fsp3) is 0.261. The highest BCUT2D eigenvalue weighted by molar-refractivity contribution is 6.31. The Morgan fingerprint density at radius 1 is 1.27 bits per heavy atom. The Labute approximate surface area is 195 Å². The van der Waals surface area contributed by atoms with Crippen molar-refractivity contribution in [2.75, 3.05) is 29.9 Å². The van der Waals surface area contributed by atoms with E-state index < -0.39 is 17.9 Å². The van der Waals surface area contributed by atoms with Gasteiger partial charge in [-0.1, -0.05) is 23.7 Å². The lowest BCUT2D eigenvalue weighted by Gasteiger charge is -2.24. The molecule has 2 aromatic carbocycles. The molecule has 0 saturated carbocycles. The molecule has 1 aliphatic heterocycles. The van der Waals surface area contributed by atoms with Gasteiger partial charge in [-0.05, 0) is 36.8 Å². The third-order valence-corrected chi connectivity index (χ3v) is 5.63. The summed E-state index contributed by atoms with van der Waals surface area (Å²) in [6.45, 7) is 1.81. The zero-order valence-electron chi connectivity index (χ0n) is 17.8. The molecule has 172 valence electrons. The summed E-state index contributed by atoms with van der Waals surface area (Å²) >= 11 is 6.20. The highest BCUT2D eigenvalue weighted by atomic mass is 35.5. The van der Waals surface area contributed by atoms with E-state index in [1.807, 2.05) is 10.8 Å². The van der Waals surface area contributed by atoms with Crippen LogP contribution in [0.4, 0.5) is 25.4 Å². The van der Waals surface area contributed by atoms with Gasteiger partial charge in [0.1, 0.15) is 12.4 Å². The van der Waals surface area contributed by atoms with E-state index in [1.165, 1.54) is 21.9 Å². The summed E-state index contributed by atoms with van der Waals surface area (Å²) in [5.41, 5.74) is 1.39. The Kier molecular flexibility index (Phi) is 7.09. The van der Waals surface area contributed by atoms with E-state index in [4.69, 9.17) is 16.3 Å². The molecule has 0 bridgehead atoms. The van der Waals surface area contributed by atoms with Crippen LogP contribution in [0.2, 0.25) is 5.02 Å². The Hall–Kier alpha value is -3.59. The molecule has 0 spiro atoms. The first-order chi connectivity index (χ1) is 16.0. The van der Waals surface area contributed by atoms with Gasteiger partial charge in [0.15, 0.2) is 0 Å². The number of nitrogens with zero attached hydrogens (tertiary/aromatic N) is 4. The molecule has 10 heteroatoms. The number of ether oxygens (including phenoxy) is 1. The molecule has 0 radical (unpaired) electrons. The van der Waals surface area contributed by atoms with Crippen molar-refractivity contribution in [1.29, 1.82) is 0 Å². The summed E-state index contributed by atoms with van der Waals surface area (Å²) in [6.07, 6.45) is 5.44. The van der Waals surface area contributed by atoms with Crippen molar-refractivity contribution in [3.05, 3.63) is 77.6 Å². The van der Waals surface area contributed by atoms with Crippen molar-refractivity contribution in [1.82, 2.24) is 14.5 Å². The molecule has 0 aliphatic carbocycles. The number of aromatic nitrogens is 2. The van der Waals surface area contributed by atoms with Crippen LogP contribution >= 0.6 is 11.6 Å². The number of cyclic esters (lactones) is 1. The maximum atomic E-state index is 14.4. The first kappa shape index (κ1) is 22.6. The monoisotopic (exact) mass is 471 g/mol. The van der Waals surface area contributed by atoms with Gasteiger partial charge < -0.3 is 19.5 Å². The van der Waals surface area contributed by atoms with Gasteiger partial charge in [0.25, 0.3) is 0 Å². The Bertz CT molecular complexity index is 1100. The number of nitrogens with one attached hydrogen (secondary N) is 1. The molecule has 1 fully saturated rings. The fourth-order valence-corrected chi connectivity index (χ4v) is 3.79. The van der Waals surface area contributed by atoms with Crippen LogP contribution < -0.4 is 10.2 Å². The number of urea groups is 1. The number of anilines is 2. The van der Waals surface area contributed by atoms with Crippen molar-refractivity contribution in [3.8, 4) is 0 Å². The number of hydrogen-bond acceptors (Lipinski definition) is 4. The number of carbonyl (C=O) groups is 2. The average molecular weight is 472 g/mol. The maximum Gasteiger partial charge on any atom is 0.414 e. The van der Waals surface area contributed by atoms with Crippen LogP contribution in [0.15, 0.2) is 61.2 Å². The lowest BCUT2D eigenvalue weighted by molar-refractivity contribution is 0.181. The molecule has 33 heavy (non-hydrogen) atoms. The second kappa shape index (κ2) is 10.4. The summed E-state index contributed by atoms with van der Waals surface area (Å²) in [7, 11) is 0. The molecule has 3 aromatic rings. The van der Waals surface area contributed by atoms with Gasteiger partial charge in [-0.2, -0.15) is 0 Å². The topological polar surface area (TPSA) is 79.7 Å². The largest absolute Gasteiger partial charge is 0.447 e. The Morgan fingerprint density at radius 2 is 2.12 bits per heavy atom. The smallest absolute Gasteiger partial charge is 0.414 e. The van der Waals surface area contributed by atoms with Gasteiger partial charge in [0, 0.05) is 47.4 Å². The van der Waals surface area contributed by atoms with Gasteiger partial charge >= 0.3 is 12.1 Å². The fourth-order valence-electron chi connectivity index (χ4n) is 3.57. The Balaban J connectivity index is 1.49.